The van der Waals surface area contributed by atoms with E-state index >= 15 is 0 Å². The molecule has 106 valence electrons. The van der Waals surface area contributed by atoms with Crippen molar-refractivity contribution in [2.24, 2.45) is 5.92 Å². The fourth-order valence-electron chi connectivity index (χ4n) is 1.68. The molecule has 0 saturated heterocycles. The van der Waals surface area contributed by atoms with Gasteiger partial charge in [0.1, 0.15) is 5.60 Å². The molecule has 1 unspecified atom stereocenters. The summed E-state index contributed by atoms with van der Waals surface area (Å²) >= 11 is 0. The first-order chi connectivity index (χ1) is 8.69. The predicted octanol–water partition coefficient (Wildman–Crippen LogP) is 4.79. The van der Waals surface area contributed by atoms with Crippen LogP contribution in [-0.4, -0.2) is 11.7 Å². The maximum atomic E-state index is 11.6. The van der Waals surface area contributed by atoms with Crippen LogP contribution in [0.3, 0.4) is 0 Å². The van der Waals surface area contributed by atoms with E-state index in [1.165, 1.54) is 5.56 Å². The second-order valence-corrected chi connectivity index (χ2v) is 6.28. The van der Waals surface area contributed by atoms with Crippen molar-refractivity contribution in [2.75, 3.05) is 5.32 Å². The first-order valence-corrected chi connectivity index (χ1v) is 6.79. The van der Waals surface area contributed by atoms with E-state index in [-0.39, 0.29) is 0 Å². The van der Waals surface area contributed by atoms with Gasteiger partial charge in [-0.15, -0.1) is 0 Å². The molecule has 0 spiro atoms. The molecule has 0 aliphatic carbocycles. The lowest BCUT2D eigenvalue weighted by Crippen LogP contribution is -2.27. The SMILES string of the molecule is CC(C)C(C)c1ccc(NC(=O)OC(C)(C)C)cc1. The van der Waals surface area contributed by atoms with Crippen LogP contribution < -0.4 is 5.32 Å². The summed E-state index contributed by atoms with van der Waals surface area (Å²) in [6.07, 6.45) is -0.419. The van der Waals surface area contributed by atoms with Crippen molar-refractivity contribution in [3.63, 3.8) is 0 Å². The Hall–Kier alpha value is -1.51. The Bertz CT molecular complexity index is 415. The minimum absolute atomic E-state index is 0.419. The summed E-state index contributed by atoms with van der Waals surface area (Å²) in [5.41, 5.74) is 1.56. The summed E-state index contributed by atoms with van der Waals surface area (Å²) in [5.74, 6) is 1.11. The van der Waals surface area contributed by atoms with Crippen molar-refractivity contribution >= 4 is 11.8 Å². The standard InChI is InChI=1S/C16H25NO2/c1-11(2)12(3)13-7-9-14(10-8-13)17-15(18)19-16(4,5)6/h7-12H,1-6H3,(H,17,18). The fourth-order valence-corrected chi connectivity index (χ4v) is 1.68. The normalized spacial score (nSPS) is 13.2. The van der Waals surface area contributed by atoms with Gasteiger partial charge in [0, 0.05) is 5.69 Å². The van der Waals surface area contributed by atoms with Crippen molar-refractivity contribution in [3.8, 4) is 0 Å². The highest BCUT2D eigenvalue weighted by atomic mass is 16.6. The maximum absolute atomic E-state index is 11.6. The quantitative estimate of drug-likeness (QED) is 0.851. The Kier molecular flexibility index (Phi) is 4.98. The summed E-state index contributed by atoms with van der Waals surface area (Å²) in [6.45, 7) is 12.2. The second kappa shape index (κ2) is 6.09. The number of rotatable bonds is 3. The summed E-state index contributed by atoms with van der Waals surface area (Å²) in [6, 6.07) is 7.94. The highest BCUT2D eigenvalue weighted by molar-refractivity contribution is 5.84. The molecule has 0 saturated carbocycles. The van der Waals surface area contributed by atoms with E-state index in [4.69, 9.17) is 4.74 Å². The van der Waals surface area contributed by atoms with Crippen LogP contribution >= 0.6 is 0 Å². The zero-order valence-electron chi connectivity index (χ0n) is 12.8. The number of nitrogens with one attached hydrogen (secondary N) is 1. The summed E-state index contributed by atoms with van der Waals surface area (Å²) in [5, 5.41) is 2.73. The molecule has 1 atom stereocenters. The van der Waals surface area contributed by atoms with Gasteiger partial charge >= 0.3 is 6.09 Å². The molecule has 0 heterocycles. The topological polar surface area (TPSA) is 38.3 Å². The van der Waals surface area contributed by atoms with E-state index < -0.39 is 11.7 Å². The van der Waals surface area contributed by atoms with Crippen LogP contribution in [0.2, 0.25) is 0 Å². The van der Waals surface area contributed by atoms with E-state index in [0.29, 0.717) is 11.8 Å². The van der Waals surface area contributed by atoms with Crippen LogP contribution in [0, 0.1) is 5.92 Å². The third-order valence-electron chi connectivity index (χ3n) is 3.08. The number of carbonyl (C=O) groups is 1. The van der Waals surface area contributed by atoms with Gasteiger partial charge in [-0.25, -0.2) is 4.79 Å². The van der Waals surface area contributed by atoms with Gasteiger partial charge in [0.15, 0.2) is 0 Å². The van der Waals surface area contributed by atoms with Gasteiger partial charge in [0.05, 0.1) is 0 Å². The van der Waals surface area contributed by atoms with Crippen molar-refractivity contribution in [1.82, 2.24) is 0 Å². The largest absolute Gasteiger partial charge is 0.444 e. The molecule has 3 nitrogen and oxygen atoms in total. The van der Waals surface area contributed by atoms with Crippen molar-refractivity contribution < 1.29 is 9.53 Å². The third-order valence-corrected chi connectivity index (χ3v) is 3.08. The smallest absolute Gasteiger partial charge is 0.412 e. The van der Waals surface area contributed by atoms with Gasteiger partial charge in [-0.1, -0.05) is 32.9 Å². The number of amides is 1. The molecule has 1 N–H and O–H groups in total. The number of benzene rings is 1. The minimum Gasteiger partial charge on any atom is -0.444 e. The van der Waals surface area contributed by atoms with Gasteiger partial charge in [0.25, 0.3) is 0 Å². The average molecular weight is 263 g/mol. The lowest BCUT2D eigenvalue weighted by atomic mass is 9.90. The van der Waals surface area contributed by atoms with Crippen LogP contribution in [0.1, 0.15) is 53.0 Å². The van der Waals surface area contributed by atoms with Crippen LogP contribution in [0.15, 0.2) is 24.3 Å². The number of hydrogen-bond acceptors (Lipinski definition) is 2. The molecule has 1 rings (SSSR count). The van der Waals surface area contributed by atoms with Gasteiger partial charge in [-0.05, 0) is 50.3 Å². The van der Waals surface area contributed by atoms with E-state index in [9.17, 15) is 4.79 Å². The van der Waals surface area contributed by atoms with E-state index in [1.807, 2.05) is 32.9 Å². The summed E-state index contributed by atoms with van der Waals surface area (Å²) in [4.78, 5) is 11.6. The first-order valence-electron chi connectivity index (χ1n) is 6.79. The highest BCUT2D eigenvalue weighted by Gasteiger charge is 2.16. The molecule has 0 radical (unpaired) electrons. The molecule has 0 aliphatic rings. The van der Waals surface area contributed by atoms with Crippen molar-refractivity contribution in [1.29, 1.82) is 0 Å². The molecule has 0 bridgehead atoms. The highest BCUT2D eigenvalue weighted by Crippen LogP contribution is 2.24. The zero-order valence-corrected chi connectivity index (χ0v) is 12.8. The number of anilines is 1. The van der Waals surface area contributed by atoms with E-state index in [0.717, 1.165) is 5.69 Å². The van der Waals surface area contributed by atoms with Gasteiger partial charge < -0.3 is 4.74 Å². The van der Waals surface area contributed by atoms with Crippen LogP contribution in [0.4, 0.5) is 10.5 Å². The Morgan fingerprint density at radius 2 is 1.63 bits per heavy atom. The number of hydrogen-bond donors (Lipinski definition) is 1. The average Bonchev–Trinajstić information content (AvgIpc) is 2.26. The van der Waals surface area contributed by atoms with Crippen LogP contribution in [0.5, 0.6) is 0 Å². The Morgan fingerprint density at radius 1 is 1.11 bits per heavy atom. The van der Waals surface area contributed by atoms with Gasteiger partial charge in [-0.3, -0.25) is 5.32 Å². The predicted molar refractivity (Wildman–Crippen MR) is 79.6 cm³/mol. The molecule has 0 aliphatic heterocycles. The van der Waals surface area contributed by atoms with Gasteiger partial charge in [0.2, 0.25) is 0 Å². The molecule has 3 heteroatoms. The summed E-state index contributed by atoms with van der Waals surface area (Å²) < 4.78 is 5.21. The van der Waals surface area contributed by atoms with Crippen LogP contribution in [-0.2, 0) is 4.74 Å². The molecule has 19 heavy (non-hydrogen) atoms. The Labute approximate surface area is 116 Å². The second-order valence-electron chi connectivity index (χ2n) is 6.28. The molecule has 1 amide bonds. The monoisotopic (exact) mass is 263 g/mol. The lowest BCUT2D eigenvalue weighted by Gasteiger charge is -2.20. The first kappa shape index (κ1) is 15.5. The lowest BCUT2D eigenvalue weighted by molar-refractivity contribution is 0.0636. The Morgan fingerprint density at radius 3 is 2.05 bits per heavy atom. The molecular formula is C16H25NO2. The summed E-state index contributed by atoms with van der Waals surface area (Å²) in [7, 11) is 0. The zero-order chi connectivity index (χ0) is 14.6. The molecular weight excluding hydrogens is 238 g/mol. The van der Waals surface area contributed by atoms with Crippen molar-refractivity contribution in [3.05, 3.63) is 29.8 Å². The fraction of sp³-hybridized carbons (Fsp3) is 0.562. The molecule has 0 fully saturated rings. The number of ether oxygens (including phenoxy) is 1. The maximum Gasteiger partial charge on any atom is 0.412 e. The number of carbonyl (C=O) groups excluding carboxylic acids is 1. The minimum atomic E-state index is -0.476. The molecule has 1 aromatic carbocycles. The van der Waals surface area contributed by atoms with Crippen molar-refractivity contribution in [2.45, 2.75) is 53.1 Å². The van der Waals surface area contributed by atoms with E-state index in [2.05, 4.69) is 38.2 Å². The van der Waals surface area contributed by atoms with Gasteiger partial charge in [-0.2, -0.15) is 0 Å². The molecule has 0 aromatic heterocycles. The Balaban J connectivity index is 2.65. The third kappa shape index (κ3) is 5.33. The molecule has 1 aromatic rings. The van der Waals surface area contributed by atoms with E-state index in [1.54, 1.807) is 0 Å². The van der Waals surface area contributed by atoms with Crippen LogP contribution in [0.25, 0.3) is 0 Å².